The van der Waals surface area contributed by atoms with Gasteiger partial charge in [-0.1, -0.05) is 11.6 Å². The van der Waals surface area contributed by atoms with E-state index in [1.54, 1.807) is 13.2 Å². The van der Waals surface area contributed by atoms with Crippen molar-refractivity contribution in [1.29, 1.82) is 0 Å². The molecule has 4 heteroatoms. The Morgan fingerprint density at radius 1 is 1.44 bits per heavy atom. The predicted octanol–water partition coefficient (Wildman–Crippen LogP) is 2.52. The molecule has 0 aliphatic rings. The molecule has 0 radical (unpaired) electrons. The van der Waals surface area contributed by atoms with Crippen LogP contribution in [0.2, 0.25) is 5.02 Å². The first kappa shape index (κ1) is 13.1. The molecular weight excluding hydrogens is 224 g/mol. The topological polar surface area (TPSA) is 38.5 Å². The third-order valence-electron chi connectivity index (χ3n) is 2.92. The summed E-state index contributed by atoms with van der Waals surface area (Å²) in [5, 5.41) is 0.670. The molecule has 0 spiro atoms. The normalized spacial score (nSPS) is 11.4. The number of methoxy groups -OCH3 is 1. The molecule has 0 atom stereocenters. The fraction of sp³-hybridized carbons (Fsp3) is 0.500. The van der Waals surface area contributed by atoms with Crippen LogP contribution in [-0.4, -0.2) is 26.2 Å². The molecule has 1 aromatic carbocycles. The lowest BCUT2D eigenvalue weighted by Gasteiger charge is -2.37. The molecule has 0 unspecified atom stereocenters. The third kappa shape index (κ3) is 2.60. The lowest BCUT2D eigenvalue weighted by molar-refractivity contribution is 0.414. The monoisotopic (exact) mass is 242 g/mol. The zero-order valence-corrected chi connectivity index (χ0v) is 11.0. The molecule has 1 aromatic rings. The number of nitrogens with two attached hydrogens (primary N) is 1. The van der Waals surface area contributed by atoms with E-state index in [0.29, 0.717) is 11.6 Å². The number of nitrogens with zero attached hydrogens (tertiary/aromatic N) is 1. The highest BCUT2D eigenvalue weighted by atomic mass is 35.5. The van der Waals surface area contributed by atoms with Crippen molar-refractivity contribution in [2.75, 3.05) is 25.6 Å². The van der Waals surface area contributed by atoms with Gasteiger partial charge in [-0.05, 0) is 26.0 Å². The number of ether oxygens (including phenoxy) is 1. The first-order chi connectivity index (χ1) is 7.42. The van der Waals surface area contributed by atoms with Gasteiger partial charge in [-0.25, -0.2) is 0 Å². The zero-order chi connectivity index (χ0) is 12.3. The van der Waals surface area contributed by atoms with Crippen molar-refractivity contribution in [2.45, 2.75) is 19.4 Å². The number of hydrogen-bond donors (Lipinski definition) is 1. The van der Waals surface area contributed by atoms with E-state index in [0.717, 1.165) is 11.4 Å². The van der Waals surface area contributed by atoms with Gasteiger partial charge in [0.25, 0.3) is 0 Å². The molecule has 3 nitrogen and oxygen atoms in total. The average molecular weight is 243 g/mol. The van der Waals surface area contributed by atoms with E-state index in [4.69, 9.17) is 22.1 Å². The van der Waals surface area contributed by atoms with Crippen LogP contribution in [0.4, 0.5) is 5.69 Å². The van der Waals surface area contributed by atoms with Gasteiger partial charge in [0.2, 0.25) is 0 Å². The molecule has 0 bridgehead atoms. The maximum absolute atomic E-state index is 6.20. The Bertz CT molecular complexity index is 366. The minimum absolute atomic E-state index is 0.127. The standard InChI is InChI=1S/C12H19ClN2O/c1-12(2,8-14)15(3)11-6-5-9(16-4)7-10(11)13/h5-7H,8,14H2,1-4H3. The molecule has 90 valence electrons. The van der Waals surface area contributed by atoms with E-state index in [2.05, 4.69) is 18.7 Å². The summed E-state index contributed by atoms with van der Waals surface area (Å²) in [6.07, 6.45) is 0. The largest absolute Gasteiger partial charge is 0.497 e. The number of likely N-dealkylation sites (N-methyl/N-ethyl adjacent to an activating group) is 1. The molecule has 0 saturated heterocycles. The van der Waals surface area contributed by atoms with E-state index in [9.17, 15) is 0 Å². The maximum Gasteiger partial charge on any atom is 0.120 e. The number of benzene rings is 1. The van der Waals surface area contributed by atoms with Crippen LogP contribution in [0, 0.1) is 0 Å². The van der Waals surface area contributed by atoms with Crippen molar-refractivity contribution in [3.05, 3.63) is 23.2 Å². The van der Waals surface area contributed by atoms with Gasteiger partial charge < -0.3 is 15.4 Å². The summed E-state index contributed by atoms with van der Waals surface area (Å²) in [5.74, 6) is 0.757. The van der Waals surface area contributed by atoms with Gasteiger partial charge in [-0.15, -0.1) is 0 Å². The van der Waals surface area contributed by atoms with Crippen LogP contribution in [0.25, 0.3) is 0 Å². The van der Waals surface area contributed by atoms with Crippen LogP contribution in [0.1, 0.15) is 13.8 Å². The van der Waals surface area contributed by atoms with E-state index in [1.165, 1.54) is 0 Å². The van der Waals surface area contributed by atoms with Crippen molar-refractivity contribution in [1.82, 2.24) is 0 Å². The van der Waals surface area contributed by atoms with Crippen molar-refractivity contribution < 1.29 is 4.74 Å². The van der Waals surface area contributed by atoms with Gasteiger partial charge in [0, 0.05) is 25.2 Å². The lowest BCUT2D eigenvalue weighted by Crippen LogP contribution is -2.47. The predicted molar refractivity (Wildman–Crippen MR) is 69.5 cm³/mol. The van der Waals surface area contributed by atoms with Crippen LogP contribution < -0.4 is 15.4 Å². The second-order valence-corrected chi connectivity index (χ2v) is 4.80. The summed E-state index contributed by atoms with van der Waals surface area (Å²) in [5.41, 5.74) is 6.57. The van der Waals surface area contributed by atoms with E-state index in [1.807, 2.05) is 19.2 Å². The lowest BCUT2D eigenvalue weighted by atomic mass is 10.0. The maximum atomic E-state index is 6.20. The number of hydrogen-bond acceptors (Lipinski definition) is 3. The summed E-state index contributed by atoms with van der Waals surface area (Å²) in [6.45, 7) is 4.72. The molecule has 0 aliphatic carbocycles. The highest BCUT2D eigenvalue weighted by Crippen LogP contribution is 2.32. The van der Waals surface area contributed by atoms with Crippen LogP contribution in [0.15, 0.2) is 18.2 Å². The number of halogens is 1. The van der Waals surface area contributed by atoms with E-state index in [-0.39, 0.29) is 5.54 Å². The SMILES string of the molecule is COc1ccc(N(C)C(C)(C)CN)c(Cl)c1. The summed E-state index contributed by atoms with van der Waals surface area (Å²) in [6, 6.07) is 5.64. The third-order valence-corrected chi connectivity index (χ3v) is 3.23. The van der Waals surface area contributed by atoms with Crippen LogP contribution >= 0.6 is 11.6 Å². The highest BCUT2D eigenvalue weighted by Gasteiger charge is 2.23. The molecule has 1 rings (SSSR count). The molecule has 2 N–H and O–H groups in total. The van der Waals surface area contributed by atoms with E-state index < -0.39 is 0 Å². The van der Waals surface area contributed by atoms with Crippen LogP contribution in [0.3, 0.4) is 0 Å². The molecule has 0 saturated carbocycles. The van der Waals surface area contributed by atoms with Crippen molar-refractivity contribution >= 4 is 17.3 Å². The van der Waals surface area contributed by atoms with E-state index >= 15 is 0 Å². The fourth-order valence-electron chi connectivity index (χ4n) is 1.35. The zero-order valence-electron chi connectivity index (χ0n) is 10.2. The van der Waals surface area contributed by atoms with Gasteiger partial charge in [0.05, 0.1) is 17.8 Å². The minimum atomic E-state index is -0.127. The van der Waals surface area contributed by atoms with Crippen LogP contribution in [-0.2, 0) is 0 Å². The number of rotatable bonds is 4. The van der Waals surface area contributed by atoms with Gasteiger partial charge in [0.15, 0.2) is 0 Å². The average Bonchev–Trinajstić information content (AvgIpc) is 2.28. The molecule has 0 amide bonds. The van der Waals surface area contributed by atoms with Crippen LogP contribution in [0.5, 0.6) is 5.75 Å². The Labute approximate surface area is 102 Å². The minimum Gasteiger partial charge on any atom is -0.497 e. The molecule has 0 heterocycles. The Kier molecular flexibility index (Phi) is 4.05. The highest BCUT2D eigenvalue weighted by molar-refractivity contribution is 6.33. The quantitative estimate of drug-likeness (QED) is 0.882. The Morgan fingerprint density at radius 3 is 2.50 bits per heavy atom. The molecule has 16 heavy (non-hydrogen) atoms. The first-order valence-corrected chi connectivity index (χ1v) is 5.57. The van der Waals surface area contributed by atoms with Gasteiger partial charge in [0.1, 0.15) is 5.75 Å². The Hall–Kier alpha value is -0.930. The number of anilines is 1. The van der Waals surface area contributed by atoms with Gasteiger partial charge in [-0.3, -0.25) is 0 Å². The summed E-state index contributed by atoms with van der Waals surface area (Å²) >= 11 is 6.20. The smallest absolute Gasteiger partial charge is 0.120 e. The van der Waals surface area contributed by atoms with Crippen molar-refractivity contribution in [3.8, 4) is 5.75 Å². The Morgan fingerprint density at radius 2 is 2.06 bits per heavy atom. The molecule has 0 aliphatic heterocycles. The van der Waals surface area contributed by atoms with Gasteiger partial charge >= 0.3 is 0 Å². The second kappa shape index (κ2) is 4.93. The fourth-order valence-corrected chi connectivity index (χ4v) is 1.65. The van der Waals surface area contributed by atoms with Crippen molar-refractivity contribution in [3.63, 3.8) is 0 Å². The van der Waals surface area contributed by atoms with Crippen molar-refractivity contribution in [2.24, 2.45) is 5.73 Å². The van der Waals surface area contributed by atoms with Gasteiger partial charge in [-0.2, -0.15) is 0 Å². The first-order valence-electron chi connectivity index (χ1n) is 5.20. The summed E-state index contributed by atoms with van der Waals surface area (Å²) in [4.78, 5) is 2.08. The molecule has 0 aromatic heterocycles. The Balaban J connectivity index is 3.05. The summed E-state index contributed by atoms with van der Waals surface area (Å²) < 4.78 is 5.11. The molecule has 0 fully saturated rings. The summed E-state index contributed by atoms with van der Waals surface area (Å²) in [7, 11) is 3.61. The molecular formula is C12H19ClN2O. The second-order valence-electron chi connectivity index (χ2n) is 4.39.